The van der Waals surface area contributed by atoms with Crippen molar-refractivity contribution in [1.82, 2.24) is 20.1 Å². The van der Waals surface area contributed by atoms with E-state index in [0.717, 1.165) is 23.8 Å². The Morgan fingerprint density at radius 1 is 1.02 bits per heavy atom. The predicted molar refractivity (Wildman–Crippen MR) is 187 cm³/mol. The Hall–Kier alpha value is -4.31. The average Bonchev–Trinajstić information content (AvgIpc) is 3.49. The zero-order valence-corrected chi connectivity index (χ0v) is 29.5. The van der Waals surface area contributed by atoms with Crippen LogP contribution in [-0.4, -0.2) is 82.9 Å². The predicted octanol–water partition coefficient (Wildman–Crippen LogP) is 2.88. The number of methoxy groups -OCH3 is 1. The number of aliphatic hydroxyl groups is 1. The monoisotopic (exact) mass is 716 g/mol. The van der Waals surface area contributed by atoms with Gasteiger partial charge in [-0.1, -0.05) is 63.1 Å². The smallest absolute Gasteiger partial charge is 0.307 e. The van der Waals surface area contributed by atoms with Gasteiger partial charge in [0.15, 0.2) is 0 Å². The van der Waals surface area contributed by atoms with Crippen LogP contribution in [0.5, 0.6) is 0 Å². The van der Waals surface area contributed by atoms with Crippen LogP contribution < -0.4 is 21.5 Å². The van der Waals surface area contributed by atoms with Crippen LogP contribution in [-0.2, 0) is 30.5 Å². The van der Waals surface area contributed by atoms with Gasteiger partial charge in [0.2, 0.25) is 17.7 Å². The van der Waals surface area contributed by atoms with E-state index in [9.17, 15) is 33.1 Å². The summed E-state index contributed by atoms with van der Waals surface area (Å²) in [5, 5.41) is 19.9. The first-order chi connectivity index (χ1) is 23.7. The van der Waals surface area contributed by atoms with Crippen LogP contribution >= 0.6 is 11.9 Å². The maximum atomic E-state index is 15.0. The summed E-state index contributed by atoms with van der Waals surface area (Å²) >= 11 is 0.705. The Balaban J connectivity index is 1.82. The molecule has 0 saturated heterocycles. The number of nitrogens with two attached hydrogens (primary N) is 2. The number of aromatic nitrogens is 1. The Kier molecular flexibility index (Phi) is 14.9. The summed E-state index contributed by atoms with van der Waals surface area (Å²) in [4.78, 5) is 51.5. The number of carbonyl (C=O) groups excluding carboxylic acids is 4. The molecule has 0 spiro atoms. The molecular weight excluding hydrogens is 670 g/mol. The number of amides is 3. The van der Waals surface area contributed by atoms with E-state index < -0.39 is 64.7 Å². The maximum Gasteiger partial charge on any atom is 0.307 e. The van der Waals surface area contributed by atoms with E-state index in [1.807, 2.05) is 55.7 Å². The zero-order chi connectivity index (χ0) is 37.0. The molecule has 0 aliphatic rings. The van der Waals surface area contributed by atoms with Crippen molar-refractivity contribution >= 4 is 35.6 Å². The summed E-state index contributed by atoms with van der Waals surface area (Å²) in [7, 11) is 1.21. The Morgan fingerprint density at radius 2 is 1.68 bits per heavy atom. The fraction of sp³-hybridized carbons (Fsp3) is 0.429. The van der Waals surface area contributed by atoms with Gasteiger partial charge in [-0.15, -0.1) is 0 Å². The molecule has 3 unspecified atom stereocenters. The van der Waals surface area contributed by atoms with Gasteiger partial charge in [-0.25, -0.2) is 8.78 Å². The number of esters is 1. The maximum absolute atomic E-state index is 15.0. The summed E-state index contributed by atoms with van der Waals surface area (Å²) in [5.74, 6) is -3.43. The van der Waals surface area contributed by atoms with Crippen LogP contribution in [0.25, 0.3) is 11.1 Å². The van der Waals surface area contributed by atoms with Gasteiger partial charge in [0.05, 0.1) is 25.6 Å². The summed E-state index contributed by atoms with van der Waals surface area (Å²) in [6.45, 7) is 5.35. The second-order valence-corrected chi connectivity index (χ2v) is 13.6. The fourth-order valence-corrected chi connectivity index (χ4v) is 6.00. The van der Waals surface area contributed by atoms with Gasteiger partial charge < -0.3 is 35.7 Å². The Labute approximate surface area is 295 Å². The highest BCUT2D eigenvalue weighted by molar-refractivity contribution is 7.98. The third-order valence-corrected chi connectivity index (χ3v) is 8.72. The van der Waals surface area contributed by atoms with Crippen molar-refractivity contribution in [1.29, 1.82) is 0 Å². The number of hydrogen-bond acceptors (Lipinski definition) is 9. The van der Waals surface area contributed by atoms with Gasteiger partial charge in [-0.05, 0) is 41.7 Å². The molecule has 272 valence electrons. The van der Waals surface area contributed by atoms with Crippen molar-refractivity contribution in [3.05, 3.63) is 83.7 Å². The molecule has 12 nitrogen and oxygen atoms in total. The summed E-state index contributed by atoms with van der Waals surface area (Å²) in [5.41, 5.74) is 7.58. The van der Waals surface area contributed by atoms with Gasteiger partial charge >= 0.3 is 5.97 Å². The largest absolute Gasteiger partial charge is 0.469 e. The van der Waals surface area contributed by atoms with Crippen molar-refractivity contribution in [3.8, 4) is 11.1 Å². The van der Waals surface area contributed by atoms with Crippen molar-refractivity contribution in [2.24, 2.45) is 16.3 Å². The van der Waals surface area contributed by atoms with Gasteiger partial charge in [0.25, 0.3) is 0 Å². The number of aliphatic hydroxyl groups excluding tert-OH is 1. The number of nitrogens with one attached hydrogen (secondary N) is 2. The molecule has 15 heteroatoms. The molecule has 1 aromatic heterocycles. The summed E-state index contributed by atoms with van der Waals surface area (Å²) in [6.07, 6.45) is 1.52. The number of halogens is 2. The third-order valence-electron chi connectivity index (χ3n) is 8.01. The molecule has 0 fully saturated rings. The van der Waals surface area contributed by atoms with E-state index in [-0.39, 0.29) is 38.0 Å². The van der Waals surface area contributed by atoms with E-state index in [2.05, 4.69) is 15.4 Å². The molecule has 0 aliphatic carbocycles. The number of ether oxygens (including phenoxy) is 1. The lowest BCUT2D eigenvalue weighted by Gasteiger charge is -2.41. The molecule has 3 rings (SSSR count). The highest BCUT2D eigenvalue weighted by atomic mass is 32.2. The van der Waals surface area contributed by atoms with Gasteiger partial charge in [-0.3, -0.25) is 24.3 Å². The quantitative estimate of drug-likeness (QED) is 0.0797. The summed E-state index contributed by atoms with van der Waals surface area (Å²) < 4.78 is 35.7. The molecule has 3 aromatic rings. The molecule has 0 radical (unpaired) electrons. The second kappa shape index (κ2) is 18.6. The van der Waals surface area contributed by atoms with E-state index in [4.69, 9.17) is 10.9 Å². The summed E-state index contributed by atoms with van der Waals surface area (Å²) in [6, 6.07) is 12.7. The van der Waals surface area contributed by atoms with Crippen molar-refractivity contribution in [3.63, 3.8) is 0 Å². The van der Waals surface area contributed by atoms with Crippen LogP contribution in [0.4, 0.5) is 8.78 Å². The molecular formula is C35H46F2N6O6S. The second-order valence-electron chi connectivity index (χ2n) is 12.8. The lowest BCUT2D eigenvalue weighted by Crippen LogP contribution is -2.48. The van der Waals surface area contributed by atoms with Crippen molar-refractivity contribution in [2.75, 3.05) is 33.4 Å². The molecule has 0 aliphatic heterocycles. The van der Waals surface area contributed by atoms with Gasteiger partial charge in [-0.2, -0.15) is 0 Å². The first kappa shape index (κ1) is 40.1. The topological polar surface area (TPSA) is 182 Å². The minimum Gasteiger partial charge on any atom is -0.469 e. The minimum absolute atomic E-state index is 0.0181. The molecule has 3 amide bonds. The number of hydrogen-bond donors (Lipinski definition) is 5. The Morgan fingerprint density at radius 3 is 2.28 bits per heavy atom. The minimum atomic E-state index is -1.06. The van der Waals surface area contributed by atoms with Crippen LogP contribution in [0.3, 0.4) is 0 Å². The van der Waals surface area contributed by atoms with E-state index in [0.29, 0.717) is 29.8 Å². The normalized spacial score (nSPS) is 13.2. The highest BCUT2D eigenvalue weighted by Gasteiger charge is 2.37. The highest BCUT2D eigenvalue weighted by Crippen LogP contribution is 2.41. The van der Waals surface area contributed by atoms with E-state index in [1.165, 1.54) is 12.0 Å². The van der Waals surface area contributed by atoms with Crippen molar-refractivity contribution < 1.29 is 37.8 Å². The molecule has 1 heterocycles. The van der Waals surface area contributed by atoms with Crippen LogP contribution in [0.1, 0.15) is 50.9 Å². The first-order valence-electron chi connectivity index (χ1n) is 16.0. The first-order valence-corrected chi connectivity index (χ1v) is 17.0. The standard InChI is InChI=1S/C35H46F2N6O6S/c1-35(2,3)32(28-16-23(25-17-24(36)10-11-26(25)37)20-42(28)19-22-8-6-5-7-9-22)43(30(45)21-44)15-12-27(38)33(47)40-13-14-41-34(48)29(50-39)18-31(46)49-4/h5-11,16-17,20,27,29,32,44H,12-15,18-19,21,38-39H2,1-4H3,(H,40,47)(H,41,48). The zero-order valence-electron chi connectivity index (χ0n) is 28.7. The number of nitrogens with zero attached hydrogens (tertiary/aromatic N) is 2. The SMILES string of the molecule is COC(=O)CC(SN)C(=O)NCCNC(=O)C(N)CCN(C(=O)CO)C(c1cc(-c2cc(F)ccc2F)cn1Cc1ccccc1)C(C)(C)C. The lowest BCUT2D eigenvalue weighted by atomic mass is 9.82. The molecule has 7 N–H and O–H groups in total. The average molecular weight is 717 g/mol. The van der Waals surface area contributed by atoms with E-state index in [1.54, 1.807) is 12.3 Å². The van der Waals surface area contributed by atoms with Crippen LogP contribution in [0.15, 0.2) is 60.8 Å². The van der Waals surface area contributed by atoms with Crippen molar-refractivity contribution in [2.45, 2.75) is 57.5 Å². The number of carbonyl (C=O) groups is 4. The number of benzene rings is 2. The Bertz CT molecular complexity index is 1620. The molecule has 2 aromatic carbocycles. The van der Waals surface area contributed by atoms with Gasteiger partial charge in [0, 0.05) is 49.2 Å². The third kappa shape index (κ3) is 11.1. The lowest BCUT2D eigenvalue weighted by molar-refractivity contribution is -0.142. The molecule has 50 heavy (non-hydrogen) atoms. The number of rotatable bonds is 17. The molecule has 3 atom stereocenters. The van der Waals surface area contributed by atoms with Crippen LogP contribution in [0.2, 0.25) is 0 Å². The molecule has 0 saturated carbocycles. The van der Waals surface area contributed by atoms with Gasteiger partial charge in [0.1, 0.15) is 23.5 Å². The molecule has 0 bridgehead atoms. The fourth-order valence-electron chi connectivity index (χ4n) is 5.56. The van der Waals surface area contributed by atoms with E-state index >= 15 is 0 Å². The van der Waals surface area contributed by atoms with Crippen LogP contribution in [0, 0.1) is 17.0 Å².